The lowest BCUT2D eigenvalue weighted by Crippen LogP contribution is -2.46. The molecule has 0 fully saturated rings. The van der Waals surface area contributed by atoms with Gasteiger partial charge in [0.05, 0.1) is 12.5 Å². The van der Waals surface area contributed by atoms with Gasteiger partial charge in [0.25, 0.3) is 0 Å². The molecule has 0 saturated heterocycles. The van der Waals surface area contributed by atoms with E-state index in [0.717, 1.165) is 12.8 Å². The third kappa shape index (κ3) is 13.4. The first kappa shape index (κ1) is 35.9. The van der Waals surface area contributed by atoms with Crippen molar-refractivity contribution in [2.45, 2.75) is 164 Å². The van der Waals surface area contributed by atoms with E-state index in [-0.39, 0.29) is 17.8 Å². The molecule has 0 bridgehead atoms. The maximum absolute atomic E-state index is 12.9. The summed E-state index contributed by atoms with van der Waals surface area (Å²) in [5, 5.41) is 22.1. The fraction of sp³-hybridized carbons (Fsp3) is 0.857. The van der Waals surface area contributed by atoms with Gasteiger partial charge < -0.3 is 14.9 Å². The van der Waals surface area contributed by atoms with Gasteiger partial charge in [-0.3, -0.25) is 4.79 Å². The van der Waals surface area contributed by atoms with Crippen molar-refractivity contribution in [3.63, 3.8) is 0 Å². The molecular formula is C35H64O4. The first-order valence-electron chi connectivity index (χ1n) is 16.3. The van der Waals surface area contributed by atoms with Gasteiger partial charge in [0.1, 0.15) is 0 Å². The maximum atomic E-state index is 12.9. The highest BCUT2D eigenvalue weighted by Gasteiger charge is 2.47. The van der Waals surface area contributed by atoms with E-state index in [1.807, 2.05) is 60.6 Å². The summed E-state index contributed by atoms with van der Waals surface area (Å²) in [6.45, 7) is 16.5. The van der Waals surface area contributed by atoms with Crippen molar-refractivity contribution in [2.75, 3.05) is 6.61 Å². The molecule has 1 atom stereocenters. The van der Waals surface area contributed by atoms with Gasteiger partial charge in [-0.15, -0.1) is 0 Å². The zero-order valence-electron chi connectivity index (χ0n) is 27.0. The summed E-state index contributed by atoms with van der Waals surface area (Å²) in [6.07, 6.45) is 24.9. The Kier molecular flexibility index (Phi) is 16.2. The van der Waals surface area contributed by atoms with Crippen molar-refractivity contribution in [2.24, 2.45) is 22.7 Å². The number of carbonyl (C=O) groups excluding carboxylic acids is 1. The van der Waals surface area contributed by atoms with E-state index in [2.05, 4.69) is 6.92 Å². The van der Waals surface area contributed by atoms with Crippen molar-refractivity contribution in [3.8, 4) is 0 Å². The summed E-state index contributed by atoms with van der Waals surface area (Å²) in [6, 6.07) is 0. The van der Waals surface area contributed by atoms with E-state index in [9.17, 15) is 15.0 Å². The number of ether oxygens (including phenoxy) is 1. The van der Waals surface area contributed by atoms with Crippen molar-refractivity contribution >= 4 is 5.97 Å². The minimum Gasteiger partial charge on any atom is -0.465 e. The van der Waals surface area contributed by atoms with Crippen LogP contribution in [0.3, 0.4) is 0 Å². The van der Waals surface area contributed by atoms with Crippen LogP contribution in [-0.2, 0) is 9.53 Å². The average molecular weight is 549 g/mol. The Morgan fingerprint density at radius 3 is 1.38 bits per heavy atom. The van der Waals surface area contributed by atoms with Crippen LogP contribution in [-0.4, -0.2) is 28.6 Å². The fourth-order valence-electron chi connectivity index (χ4n) is 5.76. The monoisotopic (exact) mass is 548 g/mol. The molecule has 2 N–H and O–H groups in total. The van der Waals surface area contributed by atoms with Crippen molar-refractivity contribution in [1.82, 2.24) is 0 Å². The fourth-order valence-corrected chi connectivity index (χ4v) is 5.76. The average Bonchev–Trinajstić information content (AvgIpc) is 2.83. The van der Waals surface area contributed by atoms with Gasteiger partial charge in [-0.25, -0.2) is 0 Å². The molecule has 0 spiro atoms. The lowest BCUT2D eigenvalue weighted by Gasteiger charge is -2.44. The highest BCUT2D eigenvalue weighted by Crippen LogP contribution is 2.47. The van der Waals surface area contributed by atoms with E-state index < -0.39 is 16.6 Å². The molecule has 0 aromatic heterocycles. The maximum Gasteiger partial charge on any atom is 0.309 e. The Balaban J connectivity index is 2.27. The van der Waals surface area contributed by atoms with Gasteiger partial charge in [0.15, 0.2) is 0 Å². The number of esters is 1. The van der Waals surface area contributed by atoms with Crippen molar-refractivity contribution in [3.05, 3.63) is 23.3 Å². The highest BCUT2D eigenvalue weighted by atomic mass is 16.5. The topological polar surface area (TPSA) is 66.8 Å². The van der Waals surface area contributed by atoms with E-state index in [1.165, 1.54) is 89.9 Å². The predicted molar refractivity (Wildman–Crippen MR) is 165 cm³/mol. The Morgan fingerprint density at radius 2 is 1.05 bits per heavy atom. The summed E-state index contributed by atoms with van der Waals surface area (Å²) in [7, 11) is 0. The number of unbranched alkanes of at least 4 members (excludes halogenated alkanes) is 15. The van der Waals surface area contributed by atoms with Gasteiger partial charge in [0.2, 0.25) is 5.79 Å². The molecule has 1 rings (SSSR count). The van der Waals surface area contributed by atoms with Crippen LogP contribution in [0, 0.1) is 22.7 Å². The Morgan fingerprint density at radius 1 is 0.718 bits per heavy atom. The second kappa shape index (κ2) is 17.6. The van der Waals surface area contributed by atoms with Gasteiger partial charge in [0, 0.05) is 5.92 Å². The molecule has 228 valence electrons. The third-order valence-electron chi connectivity index (χ3n) is 8.28. The molecule has 0 aromatic carbocycles. The summed E-state index contributed by atoms with van der Waals surface area (Å²) >= 11 is 0. The Hall–Kier alpha value is -1.13. The summed E-state index contributed by atoms with van der Waals surface area (Å²) < 4.78 is 5.65. The smallest absolute Gasteiger partial charge is 0.309 e. The van der Waals surface area contributed by atoms with Crippen LogP contribution in [0.5, 0.6) is 0 Å². The third-order valence-corrected chi connectivity index (χ3v) is 8.28. The summed E-state index contributed by atoms with van der Waals surface area (Å²) in [5.74, 6) is -2.82. The molecule has 0 amide bonds. The molecule has 1 aliphatic carbocycles. The first-order chi connectivity index (χ1) is 18.2. The molecular weight excluding hydrogens is 484 g/mol. The second-order valence-corrected chi connectivity index (χ2v) is 14.2. The zero-order chi connectivity index (χ0) is 29.5. The molecule has 0 radical (unpaired) electrons. The van der Waals surface area contributed by atoms with Crippen molar-refractivity contribution in [1.29, 1.82) is 0 Å². The Labute approximate surface area is 242 Å². The van der Waals surface area contributed by atoms with Crippen LogP contribution < -0.4 is 0 Å². The standard InChI is InChI=1S/C35H64O4/c1-9-10-11-12-13-14-15-16-17-18-19-20-21-22-23-24-25-39-32(36)28(2)29-26-30(33(3,4)5)35(37,38)31(27-29)34(6,7)8/h26-29,37-38H,9-25H2,1-8H3. The van der Waals surface area contributed by atoms with Crippen LogP contribution in [0.2, 0.25) is 0 Å². The summed E-state index contributed by atoms with van der Waals surface area (Å²) in [5.41, 5.74) is 0.211. The number of carbonyl (C=O) groups is 1. The van der Waals surface area contributed by atoms with Crippen LogP contribution in [0.4, 0.5) is 0 Å². The normalized spacial score (nSPS) is 17.1. The largest absolute Gasteiger partial charge is 0.465 e. The van der Waals surface area contributed by atoms with Gasteiger partial charge >= 0.3 is 5.97 Å². The minimum absolute atomic E-state index is 0.210. The van der Waals surface area contributed by atoms with E-state index in [0.29, 0.717) is 17.8 Å². The van der Waals surface area contributed by atoms with Gasteiger partial charge in [-0.1, -0.05) is 164 Å². The lowest BCUT2D eigenvalue weighted by atomic mass is 9.66. The molecule has 4 heteroatoms. The van der Waals surface area contributed by atoms with E-state index in [4.69, 9.17) is 4.74 Å². The van der Waals surface area contributed by atoms with E-state index in [1.54, 1.807) is 0 Å². The quantitative estimate of drug-likeness (QED) is 0.0729. The number of allylic oxidation sites excluding steroid dienone is 2. The minimum atomic E-state index is -2.01. The molecule has 4 nitrogen and oxygen atoms in total. The van der Waals surface area contributed by atoms with Crippen LogP contribution >= 0.6 is 0 Å². The predicted octanol–water partition coefficient (Wildman–Crippen LogP) is 9.68. The molecule has 0 saturated carbocycles. The molecule has 0 aromatic rings. The zero-order valence-corrected chi connectivity index (χ0v) is 27.0. The first-order valence-corrected chi connectivity index (χ1v) is 16.3. The molecule has 0 heterocycles. The van der Waals surface area contributed by atoms with Gasteiger partial charge in [-0.05, 0) is 28.4 Å². The number of hydrogen-bond donors (Lipinski definition) is 2. The van der Waals surface area contributed by atoms with Crippen LogP contribution in [0.1, 0.15) is 158 Å². The number of hydrogen-bond acceptors (Lipinski definition) is 4. The van der Waals surface area contributed by atoms with Crippen LogP contribution in [0.15, 0.2) is 23.3 Å². The number of aliphatic hydroxyl groups is 2. The van der Waals surface area contributed by atoms with Gasteiger partial charge in [-0.2, -0.15) is 0 Å². The van der Waals surface area contributed by atoms with E-state index >= 15 is 0 Å². The molecule has 1 unspecified atom stereocenters. The number of rotatable bonds is 19. The summed E-state index contributed by atoms with van der Waals surface area (Å²) in [4.78, 5) is 12.9. The Bertz CT molecular complexity index is 714. The molecule has 1 aliphatic rings. The second-order valence-electron chi connectivity index (χ2n) is 14.2. The molecule has 39 heavy (non-hydrogen) atoms. The SMILES string of the molecule is CCCCCCCCCCCCCCCCCCOC(=O)C(C)C1C=C(C(C)(C)C)C(O)(O)C(C(C)(C)C)=C1. The molecule has 0 aliphatic heterocycles. The van der Waals surface area contributed by atoms with Crippen LogP contribution in [0.25, 0.3) is 0 Å². The highest BCUT2D eigenvalue weighted by molar-refractivity contribution is 5.73. The lowest BCUT2D eigenvalue weighted by molar-refractivity contribution is -0.149. The van der Waals surface area contributed by atoms with Crippen molar-refractivity contribution < 1.29 is 19.7 Å².